The summed E-state index contributed by atoms with van der Waals surface area (Å²) in [5.41, 5.74) is 0.945. The zero-order valence-electron chi connectivity index (χ0n) is 20.8. The third-order valence-corrected chi connectivity index (χ3v) is 6.29. The van der Waals surface area contributed by atoms with Gasteiger partial charge in [0.25, 0.3) is 0 Å². The number of carbonyl (C=O) groups is 1. The van der Waals surface area contributed by atoms with E-state index < -0.39 is 40.8 Å². The highest BCUT2D eigenvalue weighted by Gasteiger charge is 2.25. The number of carbonyl (C=O) groups excluding carboxylic acids is 1. The van der Waals surface area contributed by atoms with E-state index in [-0.39, 0.29) is 47.3 Å². The van der Waals surface area contributed by atoms with Crippen molar-refractivity contribution in [3.63, 3.8) is 0 Å². The highest BCUT2D eigenvalue weighted by Crippen LogP contribution is 2.39. The van der Waals surface area contributed by atoms with Gasteiger partial charge in [-0.3, -0.25) is 0 Å². The van der Waals surface area contributed by atoms with Crippen molar-refractivity contribution in [1.29, 1.82) is 0 Å². The van der Waals surface area contributed by atoms with Gasteiger partial charge in [-0.2, -0.15) is 13.2 Å². The minimum atomic E-state index is -1.40. The number of hydrogen-bond donors (Lipinski definition) is 0. The maximum Gasteiger partial charge on any atom is 0.343 e. The Kier molecular flexibility index (Phi) is 8.34. The van der Waals surface area contributed by atoms with E-state index in [0.717, 1.165) is 18.2 Å². The molecule has 0 aromatic heterocycles. The first-order chi connectivity index (χ1) is 18.2. The van der Waals surface area contributed by atoms with Crippen molar-refractivity contribution in [2.45, 2.75) is 39.0 Å². The monoisotopic (exact) mass is 532 g/mol. The van der Waals surface area contributed by atoms with Crippen molar-refractivity contribution < 1.29 is 41.0 Å². The summed E-state index contributed by atoms with van der Waals surface area (Å²) >= 11 is 0. The molecule has 1 atom stereocenters. The van der Waals surface area contributed by atoms with E-state index in [4.69, 9.17) is 14.2 Å². The lowest BCUT2D eigenvalue weighted by molar-refractivity contribution is 0.0725. The van der Waals surface area contributed by atoms with Gasteiger partial charge in [0.1, 0.15) is 5.82 Å². The first-order valence-corrected chi connectivity index (χ1v) is 12.2. The number of halogens is 5. The van der Waals surface area contributed by atoms with Crippen molar-refractivity contribution in [1.82, 2.24) is 0 Å². The standard InChI is InChI=1S/C29H25F5O4/c1-3-36-22-12-11-20(25(31)26(22)32)17-7-5-16(6-8-17)19-10-9-18(15-21(19)30)29(35)38-24-14-13-23(37-4-2)27(33)28(24)34/h5,9-15,17H,3-4,6-8H2,1-2H3. The largest absolute Gasteiger partial charge is 0.491 e. The van der Waals surface area contributed by atoms with E-state index in [0.29, 0.717) is 24.8 Å². The summed E-state index contributed by atoms with van der Waals surface area (Å²) in [5, 5.41) is 0. The first kappa shape index (κ1) is 27.2. The van der Waals surface area contributed by atoms with Gasteiger partial charge >= 0.3 is 5.97 Å². The molecular formula is C29H25F5O4. The Balaban J connectivity index is 1.47. The summed E-state index contributed by atoms with van der Waals surface area (Å²) in [5.74, 6) is -7.85. The maximum absolute atomic E-state index is 14.9. The molecule has 0 saturated carbocycles. The third kappa shape index (κ3) is 5.51. The molecule has 200 valence electrons. The van der Waals surface area contributed by atoms with Gasteiger partial charge in [0.2, 0.25) is 17.5 Å². The van der Waals surface area contributed by atoms with Crippen LogP contribution in [0.1, 0.15) is 60.5 Å². The van der Waals surface area contributed by atoms with Gasteiger partial charge in [0.15, 0.2) is 23.1 Å². The second kappa shape index (κ2) is 11.7. The zero-order valence-corrected chi connectivity index (χ0v) is 20.8. The van der Waals surface area contributed by atoms with Crippen LogP contribution >= 0.6 is 0 Å². The van der Waals surface area contributed by atoms with Crippen LogP contribution in [0.2, 0.25) is 0 Å². The molecule has 0 saturated heterocycles. The van der Waals surface area contributed by atoms with Crippen LogP contribution in [0, 0.1) is 29.1 Å². The van der Waals surface area contributed by atoms with Gasteiger partial charge in [-0.1, -0.05) is 18.2 Å². The maximum atomic E-state index is 14.9. The molecule has 0 aliphatic heterocycles. The van der Waals surface area contributed by atoms with Crippen LogP contribution in [0.25, 0.3) is 5.57 Å². The molecule has 0 spiro atoms. The van der Waals surface area contributed by atoms with E-state index in [9.17, 15) is 26.7 Å². The Morgan fingerprint density at radius 2 is 1.42 bits per heavy atom. The normalized spacial score (nSPS) is 15.1. The second-order valence-electron chi connectivity index (χ2n) is 8.62. The number of esters is 1. The van der Waals surface area contributed by atoms with Crippen LogP contribution < -0.4 is 14.2 Å². The molecule has 4 nitrogen and oxygen atoms in total. The van der Waals surface area contributed by atoms with Crippen LogP contribution in [0.3, 0.4) is 0 Å². The lowest BCUT2D eigenvalue weighted by Crippen LogP contribution is -2.12. The fraction of sp³-hybridized carbons (Fsp3) is 0.276. The molecule has 3 aromatic rings. The predicted octanol–water partition coefficient (Wildman–Crippen LogP) is 7.75. The smallest absolute Gasteiger partial charge is 0.343 e. The van der Waals surface area contributed by atoms with Crippen LogP contribution in [0.5, 0.6) is 17.2 Å². The second-order valence-corrected chi connectivity index (χ2v) is 8.62. The molecular weight excluding hydrogens is 507 g/mol. The lowest BCUT2D eigenvalue weighted by Gasteiger charge is -2.24. The van der Waals surface area contributed by atoms with Crippen LogP contribution in [0.15, 0.2) is 48.5 Å². The SMILES string of the molecule is CCOc1ccc(OC(=O)c2ccc(C3=CCC(c4ccc(OCC)c(F)c4F)CC3)c(F)c2)c(F)c1F. The highest BCUT2D eigenvalue weighted by atomic mass is 19.2. The molecule has 0 bridgehead atoms. The first-order valence-electron chi connectivity index (χ1n) is 12.2. The fourth-order valence-electron chi connectivity index (χ4n) is 4.41. The Morgan fingerprint density at radius 3 is 2.03 bits per heavy atom. The summed E-state index contributed by atoms with van der Waals surface area (Å²) in [6.45, 7) is 3.61. The van der Waals surface area contributed by atoms with Gasteiger partial charge in [-0.15, -0.1) is 0 Å². The van der Waals surface area contributed by atoms with Crippen LogP contribution in [-0.2, 0) is 0 Å². The van der Waals surface area contributed by atoms with E-state index >= 15 is 0 Å². The third-order valence-electron chi connectivity index (χ3n) is 6.29. The summed E-state index contributed by atoms with van der Waals surface area (Å²) in [6, 6.07) is 8.75. The minimum Gasteiger partial charge on any atom is -0.491 e. The van der Waals surface area contributed by atoms with E-state index in [1.54, 1.807) is 19.9 Å². The molecule has 9 heteroatoms. The zero-order chi connectivity index (χ0) is 27.4. The Labute approximate surface area is 216 Å². The Morgan fingerprint density at radius 1 is 0.816 bits per heavy atom. The predicted molar refractivity (Wildman–Crippen MR) is 131 cm³/mol. The van der Waals surface area contributed by atoms with E-state index in [1.165, 1.54) is 24.3 Å². The van der Waals surface area contributed by atoms with Crippen molar-refractivity contribution in [2.24, 2.45) is 0 Å². The number of rotatable bonds is 8. The number of hydrogen-bond acceptors (Lipinski definition) is 4. The highest BCUT2D eigenvalue weighted by molar-refractivity contribution is 5.91. The molecule has 0 N–H and O–H groups in total. The number of ether oxygens (including phenoxy) is 3. The molecule has 0 heterocycles. The summed E-state index contributed by atoms with van der Waals surface area (Å²) < 4.78 is 87.1. The van der Waals surface area contributed by atoms with Gasteiger partial charge in [0, 0.05) is 5.56 Å². The van der Waals surface area contributed by atoms with Crippen molar-refractivity contribution >= 4 is 11.5 Å². The van der Waals surface area contributed by atoms with E-state index in [2.05, 4.69) is 0 Å². The molecule has 0 amide bonds. The van der Waals surface area contributed by atoms with Gasteiger partial charge in [-0.05, 0) is 80.5 Å². The molecule has 1 aliphatic rings. The fourth-order valence-corrected chi connectivity index (χ4v) is 4.41. The summed E-state index contributed by atoms with van der Waals surface area (Å²) in [7, 11) is 0. The average Bonchev–Trinajstić information content (AvgIpc) is 2.91. The van der Waals surface area contributed by atoms with Gasteiger partial charge < -0.3 is 14.2 Å². The Bertz CT molecular complexity index is 1390. The quantitative estimate of drug-likeness (QED) is 0.169. The molecule has 0 fully saturated rings. The van der Waals surface area contributed by atoms with Crippen molar-refractivity contribution in [3.05, 3.63) is 94.3 Å². The molecule has 3 aromatic carbocycles. The van der Waals surface area contributed by atoms with Crippen LogP contribution in [0.4, 0.5) is 22.0 Å². The topological polar surface area (TPSA) is 44.8 Å². The molecule has 38 heavy (non-hydrogen) atoms. The van der Waals surface area contributed by atoms with E-state index in [1.807, 2.05) is 0 Å². The van der Waals surface area contributed by atoms with Gasteiger partial charge in [-0.25, -0.2) is 13.6 Å². The summed E-state index contributed by atoms with van der Waals surface area (Å²) in [4.78, 5) is 12.5. The van der Waals surface area contributed by atoms with Crippen LogP contribution in [-0.4, -0.2) is 19.2 Å². The Hall–Kier alpha value is -3.88. The lowest BCUT2D eigenvalue weighted by atomic mass is 9.82. The average molecular weight is 533 g/mol. The number of allylic oxidation sites excluding steroid dienone is 2. The number of benzene rings is 3. The van der Waals surface area contributed by atoms with Crippen molar-refractivity contribution in [2.75, 3.05) is 13.2 Å². The van der Waals surface area contributed by atoms with Crippen molar-refractivity contribution in [3.8, 4) is 17.2 Å². The van der Waals surface area contributed by atoms with Gasteiger partial charge in [0.05, 0.1) is 18.8 Å². The molecule has 1 aliphatic carbocycles. The minimum absolute atomic E-state index is 0.120. The summed E-state index contributed by atoms with van der Waals surface area (Å²) in [6.07, 6.45) is 2.99. The molecule has 0 radical (unpaired) electrons. The molecule has 1 unspecified atom stereocenters. The molecule has 4 rings (SSSR count).